The highest BCUT2D eigenvalue weighted by Gasteiger charge is 2.47. The first-order valence-corrected chi connectivity index (χ1v) is 9.91. The van der Waals surface area contributed by atoms with Gasteiger partial charge >= 0.3 is 0 Å². The Hall–Kier alpha value is -1.99. The Bertz CT molecular complexity index is 1010. The minimum Gasteiger partial charge on any atom is -0.379 e. The minimum absolute atomic E-state index is 0.0325. The number of β-amino-alcohol motifs (C(OH)–C–C–N with tert-alkyl or cyclic N) is 1. The van der Waals surface area contributed by atoms with E-state index in [4.69, 9.17) is 21.4 Å². The van der Waals surface area contributed by atoms with E-state index in [1.807, 2.05) is 6.07 Å². The molecule has 0 amide bonds. The smallest absolute Gasteiger partial charge is 0.260 e. The molecule has 4 rings (SSSR count). The summed E-state index contributed by atoms with van der Waals surface area (Å²) in [4.78, 5) is 4.21. The summed E-state index contributed by atoms with van der Waals surface area (Å²) in [7, 11) is -3.87. The predicted octanol–water partition coefficient (Wildman–Crippen LogP) is 1.75. The lowest BCUT2D eigenvalue weighted by Gasteiger charge is -2.19. The predicted molar refractivity (Wildman–Crippen MR) is 89.7 cm³/mol. The van der Waals surface area contributed by atoms with Crippen LogP contribution in [0.15, 0.2) is 27.6 Å². The standard InChI is InChI=1S/C16H15ClN4O4S/c17-13-7-12(4-3-11(13)8-18)26(23,24)21-6-5-16(22,9-21)15-19-14(20-25-15)10-1-2-10/h3-4,7,10,22H,1-2,5-6,9H2/t16-/m0/s1. The van der Waals surface area contributed by atoms with E-state index in [9.17, 15) is 13.5 Å². The zero-order valence-corrected chi connectivity index (χ0v) is 15.2. The highest BCUT2D eigenvalue weighted by Crippen LogP contribution is 2.40. The van der Waals surface area contributed by atoms with Crippen LogP contribution >= 0.6 is 11.6 Å². The van der Waals surface area contributed by atoms with Crippen LogP contribution in [-0.2, 0) is 15.6 Å². The van der Waals surface area contributed by atoms with Crippen molar-refractivity contribution in [3.63, 3.8) is 0 Å². The van der Waals surface area contributed by atoms with Crippen LogP contribution in [0.5, 0.6) is 0 Å². The lowest BCUT2D eigenvalue weighted by molar-refractivity contribution is 0.0194. The van der Waals surface area contributed by atoms with Crippen molar-refractivity contribution in [2.24, 2.45) is 0 Å². The van der Waals surface area contributed by atoms with Gasteiger partial charge < -0.3 is 9.63 Å². The Morgan fingerprint density at radius 3 is 2.85 bits per heavy atom. The fourth-order valence-electron chi connectivity index (χ4n) is 2.97. The molecule has 0 spiro atoms. The number of halogens is 1. The molecular formula is C16H15ClN4O4S. The number of nitriles is 1. The van der Waals surface area contributed by atoms with E-state index in [0.29, 0.717) is 5.82 Å². The van der Waals surface area contributed by atoms with Crippen LogP contribution in [0.3, 0.4) is 0 Å². The Labute approximate surface area is 155 Å². The van der Waals surface area contributed by atoms with Crippen molar-refractivity contribution in [1.29, 1.82) is 5.26 Å². The summed E-state index contributed by atoms with van der Waals surface area (Å²) in [6.45, 7) is -0.0726. The van der Waals surface area contributed by atoms with Gasteiger partial charge in [-0.3, -0.25) is 0 Å². The van der Waals surface area contributed by atoms with E-state index in [0.717, 1.165) is 17.1 Å². The van der Waals surface area contributed by atoms with Gasteiger partial charge in [-0.25, -0.2) is 8.42 Å². The Kier molecular flexibility index (Phi) is 4.04. The van der Waals surface area contributed by atoms with E-state index in [1.165, 1.54) is 18.2 Å². The monoisotopic (exact) mass is 394 g/mol. The van der Waals surface area contributed by atoms with Gasteiger partial charge in [-0.2, -0.15) is 14.6 Å². The van der Waals surface area contributed by atoms with Crippen molar-refractivity contribution in [1.82, 2.24) is 14.4 Å². The van der Waals surface area contributed by atoms with Gasteiger partial charge in [-0.05, 0) is 31.0 Å². The van der Waals surface area contributed by atoms with Gasteiger partial charge in [0.15, 0.2) is 11.4 Å². The average Bonchev–Trinajstić information content (AvgIpc) is 3.18. The highest BCUT2D eigenvalue weighted by molar-refractivity contribution is 7.89. The molecule has 1 atom stereocenters. The molecule has 1 aliphatic carbocycles. The Balaban J connectivity index is 1.58. The molecule has 1 aromatic heterocycles. The van der Waals surface area contributed by atoms with Crippen molar-refractivity contribution in [2.75, 3.05) is 13.1 Å². The molecule has 0 radical (unpaired) electrons. The number of nitrogens with zero attached hydrogens (tertiary/aromatic N) is 4. The summed E-state index contributed by atoms with van der Waals surface area (Å²) in [5.41, 5.74) is -1.31. The van der Waals surface area contributed by atoms with Gasteiger partial charge in [-0.1, -0.05) is 16.8 Å². The Morgan fingerprint density at radius 2 is 2.19 bits per heavy atom. The summed E-state index contributed by atoms with van der Waals surface area (Å²) in [5.74, 6) is 0.890. The van der Waals surface area contributed by atoms with E-state index < -0.39 is 15.6 Å². The molecule has 2 aliphatic rings. The number of rotatable bonds is 4. The molecular weight excluding hydrogens is 380 g/mol. The number of hydrogen-bond acceptors (Lipinski definition) is 7. The molecule has 8 nitrogen and oxygen atoms in total. The zero-order chi connectivity index (χ0) is 18.5. The van der Waals surface area contributed by atoms with Crippen molar-refractivity contribution >= 4 is 21.6 Å². The second kappa shape index (κ2) is 6.03. The third-order valence-electron chi connectivity index (χ3n) is 4.69. The number of aromatic nitrogens is 2. The highest BCUT2D eigenvalue weighted by atomic mass is 35.5. The maximum atomic E-state index is 12.8. The normalized spacial score (nSPS) is 23.9. The van der Waals surface area contributed by atoms with Gasteiger partial charge in [0.25, 0.3) is 5.89 Å². The Morgan fingerprint density at radius 1 is 1.42 bits per heavy atom. The number of benzene rings is 1. The molecule has 0 unspecified atom stereocenters. The van der Waals surface area contributed by atoms with Gasteiger partial charge in [0, 0.05) is 18.9 Å². The summed E-state index contributed by atoms with van der Waals surface area (Å²) in [5, 5.41) is 23.7. The first-order valence-electron chi connectivity index (χ1n) is 8.10. The molecule has 2 heterocycles. The van der Waals surface area contributed by atoms with Crippen molar-refractivity contribution in [2.45, 2.75) is 35.7 Å². The van der Waals surface area contributed by atoms with Crippen LogP contribution in [0.1, 0.15) is 42.5 Å². The lowest BCUT2D eigenvalue weighted by atomic mass is 10.0. The fraction of sp³-hybridized carbons (Fsp3) is 0.438. The summed E-state index contributed by atoms with van der Waals surface area (Å²) in [6, 6.07) is 5.81. The largest absolute Gasteiger partial charge is 0.379 e. The molecule has 0 bridgehead atoms. The van der Waals surface area contributed by atoms with Crippen LogP contribution in [-0.4, -0.2) is 41.1 Å². The topological polar surface area (TPSA) is 120 Å². The number of sulfonamides is 1. The summed E-state index contributed by atoms with van der Waals surface area (Å²) >= 11 is 5.94. The second-order valence-electron chi connectivity index (χ2n) is 6.61. The molecule has 1 saturated heterocycles. The van der Waals surface area contributed by atoms with E-state index in [2.05, 4.69) is 10.1 Å². The van der Waals surface area contributed by atoms with Gasteiger partial charge in [0.05, 0.1) is 22.0 Å². The second-order valence-corrected chi connectivity index (χ2v) is 8.95. The van der Waals surface area contributed by atoms with Crippen LogP contribution in [0.2, 0.25) is 5.02 Å². The lowest BCUT2D eigenvalue weighted by Crippen LogP contribution is -2.34. The van der Waals surface area contributed by atoms with Crippen molar-refractivity contribution in [3.8, 4) is 6.07 Å². The SMILES string of the molecule is N#Cc1ccc(S(=O)(=O)N2CC[C@@](O)(c3nc(C4CC4)no3)C2)cc1Cl. The van der Waals surface area contributed by atoms with Crippen LogP contribution in [0.25, 0.3) is 0 Å². The van der Waals surface area contributed by atoms with Crippen molar-refractivity contribution < 1.29 is 18.0 Å². The first kappa shape index (κ1) is 17.4. The van der Waals surface area contributed by atoms with Crippen molar-refractivity contribution in [3.05, 3.63) is 40.5 Å². The van der Waals surface area contributed by atoms with E-state index in [-0.39, 0.29) is 46.8 Å². The molecule has 1 aromatic carbocycles. The van der Waals surface area contributed by atoms with Crippen LogP contribution in [0, 0.1) is 11.3 Å². The van der Waals surface area contributed by atoms with E-state index >= 15 is 0 Å². The molecule has 136 valence electrons. The van der Waals surface area contributed by atoms with Gasteiger partial charge in [0.2, 0.25) is 10.0 Å². The minimum atomic E-state index is -3.87. The van der Waals surface area contributed by atoms with Crippen LogP contribution in [0.4, 0.5) is 0 Å². The zero-order valence-electron chi connectivity index (χ0n) is 13.6. The van der Waals surface area contributed by atoms with Gasteiger partial charge in [-0.15, -0.1) is 0 Å². The average molecular weight is 395 g/mol. The van der Waals surface area contributed by atoms with Gasteiger partial charge in [0.1, 0.15) is 6.07 Å². The summed E-state index contributed by atoms with van der Waals surface area (Å²) < 4.78 is 32.0. The molecule has 1 N–H and O–H groups in total. The fourth-order valence-corrected chi connectivity index (χ4v) is 4.77. The third kappa shape index (κ3) is 2.89. The van der Waals surface area contributed by atoms with Crippen LogP contribution < -0.4 is 0 Å². The molecule has 1 aliphatic heterocycles. The molecule has 10 heteroatoms. The van der Waals surface area contributed by atoms with E-state index in [1.54, 1.807) is 0 Å². The molecule has 1 saturated carbocycles. The quantitative estimate of drug-likeness (QED) is 0.838. The maximum Gasteiger partial charge on any atom is 0.260 e. The number of hydrogen-bond donors (Lipinski definition) is 1. The third-order valence-corrected chi connectivity index (χ3v) is 6.85. The maximum absolute atomic E-state index is 12.8. The number of aliphatic hydroxyl groups is 1. The molecule has 26 heavy (non-hydrogen) atoms. The molecule has 2 aromatic rings. The summed E-state index contributed by atoms with van der Waals surface area (Å²) in [6.07, 6.45) is 2.15. The first-order chi connectivity index (χ1) is 12.3. The molecule has 2 fully saturated rings.